The minimum atomic E-state index is -0.263. The average Bonchev–Trinajstić information content (AvgIpc) is 2.89. The average molecular weight is 241 g/mol. The highest BCUT2D eigenvalue weighted by Gasteiger charge is 2.24. The zero-order valence-corrected chi connectivity index (χ0v) is 9.00. The van der Waals surface area contributed by atoms with Crippen LogP contribution in [0.2, 0.25) is 0 Å². The predicted molar refractivity (Wildman–Crippen MR) is 56.4 cm³/mol. The van der Waals surface area contributed by atoms with E-state index in [1.807, 2.05) is 24.3 Å². The van der Waals surface area contributed by atoms with Crippen molar-refractivity contribution in [3.05, 3.63) is 34.3 Å². The number of hydrogen-bond donors (Lipinski definition) is 1. The van der Waals surface area contributed by atoms with E-state index in [-0.39, 0.29) is 6.10 Å². The number of hydrogen-bond acceptors (Lipinski definition) is 1. The predicted octanol–water partition coefficient (Wildman–Crippen LogP) is 3.28. The Morgan fingerprint density at radius 1 is 1.31 bits per heavy atom. The molecule has 0 unspecified atom stereocenters. The second-order valence-corrected chi connectivity index (χ2v) is 4.66. The van der Waals surface area contributed by atoms with Crippen LogP contribution in [0.4, 0.5) is 0 Å². The molecular formula is C11H13BrO. The Hall–Kier alpha value is -0.340. The Morgan fingerprint density at radius 3 is 2.46 bits per heavy atom. The van der Waals surface area contributed by atoms with Crippen molar-refractivity contribution in [1.29, 1.82) is 0 Å². The van der Waals surface area contributed by atoms with Crippen LogP contribution in [-0.2, 0) is 0 Å². The fraction of sp³-hybridized carbons (Fsp3) is 0.455. The minimum Gasteiger partial charge on any atom is -0.388 e. The van der Waals surface area contributed by atoms with Crippen LogP contribution in [0.3, 0.4) is 0 Å². The van der Waals surface area contributed by atoms with Gasteiger partial charge in [0.1, 0.15) is 0 Å². The Kier molecular flexibility index (Phi) is 2.70. The molecule has 1 saturated carbocycles. The van der Waals surface area contributed by atoms with Crippen LogP contribution in [-0.4, -0.2) is 5.11 Å². The normalized spacial score (nSPS) is 18.6. The van der Waals surface area contributed by atoms with E-state index in [0.717, 1.165) is 22.4 Å². The van der Waals surface area contributed by atoms with Crippen LogP contribution in [0.5, 0.6) is 0 Å². The summed E-state index contributed by atoms with van der Waals surface area (Å²) in [4.78, 5) is 0. The van der Waals surface area contributed by atoms with Gasteiger partial charge in [-0.2, -0.15) is 0 Å². The summed E-state index contributed by atoms with van der Waals surface area (Å²) in [7, 11) is 0. The fourth-order valence-corrected chi connectivity index (χ4v) is 1.75. The molecule has 0 saturated heterocycles. The lowest BCUT2D eigenvalue weighted by molar-refractivity contribution is 0.160. The van der Waals surface area contributed by atoms with E-state index in [0.29, 0.717) is 0 Å². The van der Waals surface area contributed by atoms with Crippen LogP contribution in [0, 0.1) is 5.92 Å². The standard InChI is InChI=1S/C11H13BrO/c12-10-5-3-9(4-6-10)11(13)7-8-1-2-8/h3-6,8,11,13H,1-2,7H2/t11-/m1/s1. The quantitative estimate of drug-likeness (QED) is 0.860. The van der Waals surface area contributed by atoms with E-state index in [1.165, 1.54) is 12.8 Å². The minimum absolute atomic E-state index is 0.263. The maximum Gasteiger partial charge on any atom is 0.0792 e. The van der Waals surface area contributed by atoms with Crippen molar-refractivity contribution >= 4 is 15.9 Å². The van der Waals surface area contributed by atoms with E-state index in [1.54, 1.807) is 0 Å². The lowest BCUT2D eigenvalue weighted by Crippen LogP contribution is -1.97. The van der Waals surface area contributed by atoms with Crippen LogP contribution in [0.1, 0.15) is 30.9 Å². The largest absolute Gasteiger partial charge is 0.388 e. The molecule has 1 atom stereocenters. The molecule has 2 rings (SSSR count). The van der Waals surface area contributed by atoms with Gasteiger partial charge in [0.15, 0.2) is 0 Å². The zero-order valence-electron chi connectivity index (χ0n) is 7.41. The molecule has 0 spiro atoms. The topological polar surface area (TPSA) is 20.2 Å². The number of benzene rings is 1. The molecule has 0 radical (unpaired) electrons. The van der Waals surface area contributed by atoms with Gasteiger partial charge in [0, 0.05) is 4.47 Å². The van der Waals surface area contributed by atoms with Crippen molar-refractivity contribution in [1.82, 2.24) is 0 Å². The monoisotopic (exact) mass is 240 g/mol. The molecule has 1 aromatic rings. The highest BCUT2D eigenvalue weighted by atomic mass is 79.9. The molecule has 1 N–H and O–H groups in total. The number of aliphatic hydroxyl groups is 1. The molecule has 0 bridgehead atoms. The number of rotatable bonds is 3. The van der Waals surface area contributed by atoms with Crippen molar-refractivity contribution in [2.75, 3.05) is 0 Å². The zero-order chi connectivity index (χ0) is 9.26. The van der Waals surface area contributed by atoms with Gasteiger partial charge in [-0.15, -0.1) is 0 Å². The molecule has 1 aliphatic carbocycles. The number of aliphatic hydroxyl groups excluding tert-OH is 1. The smallest absolute Gasteiger partial charge is 0.0792 e. The summed E-state index contributed by atoms with van der Waals surface area (Å²) in [6.07, 6.45) is 3.27. The summed E-state index contributed by atoms with van der Waals surface area (Å²) in [5.74, 6) is 0.777. The Bertz CT molecular complexity index is 277. The van der Waals surface area contributed by atoms with Gasteiger partial charge in [-0.1, -0.05) is 40.9 Å². The summed E-state index contributed by atoms with van der Waals surface area (Å²) >= 11 is 3.38. The molecule has 13 heavy (non-hydrogen) atoms. The first-order valence-electron chi connectivity index (χ1n) is 4.69. The third-order valence-electron chi connectivity index (χ3n) is 2.51. The first kappa shape index (κ1) is 9.22. The molecule has 1 nitrogen and oxygen atoms in total. The van der Waals surface area contributed by atoms with E-state index in [4.69, 9.17) is 0 Å². The summed E-state index contributed by atoms with van der Waals surface area (Å²) in [6, 6.07) is 7.92. The summed E-state index contributed by atoms with van der Waals surface area (Å²) in [5.41, 5.74) is 1.04. The van der Waals surface area contributed by atoms with Gasteiger partial charge in [0.2, 0.25) is 0 Å². The third kappa shape index (κ3) is 2.55. The molecule has 0 aliphatic heterocycles. The molecule has 1 fully saturated rings. The van der Waals surface area contributed by atoms with Gasteiger partial charge in [-0.25, -0.2) is 0 Å². The van der Waals surface area contributed by atoms with Crippen molar-refractivity contribution in [2.24, 2.45) is 5.92 Å². The Balaban J connectivity index is 2.01. The summed E-state index contributed by atoms with van der Waals surface area (Å²) in [5, 5.41) is 9.81. The van der Waals surface area contributed by atoms with E-state index in [2.05, 4.69) is 15.9 Å². The molecule has 2 heteroatoms. The van der Waals surface area contributed by atoms with Crippen LogP contribution >= 0.6 is 15.9 Å². The van der Waals surface area contributed by atoms with Crippen LogP contribution < -0.4 is 0 Å². The highest BCUT2D eigenvalue weighted by molar-refractivity contribution is 9.10. The second-order valence-electron chi connectivity index (χ2n) is 3.75. The molecule has 0 heterocycles. The van der Waals surface area contributed by atoms with Gasteiger partial charge < -0.3 is 5.11 Å². The van der Waals surface area contributed by atoms with Crippen LogP contribution in [0.15, 0.2) is 28.7 Å². The molecule has 0 amide bonds. The SMILES string of the molecule is O[C@H](CC1CC1)c1ccc(Br)cc1. The summed E-state index contributed by atoms with van der Waals surface area (Å²) in [6.45, 7) is 0. The van der Waals surface area contributed by atoms with Gasteiger partial charge in [-0.05, 0) is 30.0 Å². The lowest BCUT2D eigenvalue weighted by Gasteiger charge is -2.09. The van der Waals surface area contributed by atoms with Crippen LogP contribution in [0.25, 0.3) is 0 Å². The lowest BCUT2D eigenvalue weighted by atomic mass is 10.0. The third-order valence-corrected chi connectivity index (χ3v) is 3.04. The first-order chi connectivity index (χ1) is 6.25. The molecule has 1 aromatic carbocycles. The van der Waals surface area contributed by atoms with Crippen molar-refractivity contribution < 1.29 is 5.11 Å². The summed E-state index contributed by atoms with van der Waals surface area (Å²) < 4.78 is 1.06. The number of halogens is 1. The van der Waals surface area contributed by atoms with E-state index < -0.39 is 0 Å². The van der Waals surface area contributed by atoms with E-state index >= 15 is 0 Å². The maximum absolute atomic E-state index is 9.81. The van der Waals surface area contributed by atoms with E-state index in [9.17, 15) is 5.11 Å². The van der Waals surface area contributed by atoms with Gasteiger partial charge in [0.05, 0.1) is 6.10 Å². The van der Waals surface area contributed by atoms with Gasteiger partial charge >= 0.3 is 0 Å². The van der Waals surface area contributed by atoms with Crippen molar-refractivity contribution in [3.63, 3.8) is 0 Å². The molecule has 70 valence electrons. The Labute approximate surface area is 86.9 Å². The highest BCUT2D eigenvalue weighted by Crippen LogP contribution is 2.37. The second kappa shape index (κ2) is 3.81. The van der Waals surface area contributed by atoms with Crippen molar-refractivity contribution in [3.8, 4) is 0 Å². The van der Waals surface area contributed by atoms with Gasteiger partial charge in [0.25, 0.3) is 0 Å². The first-order valence-corrected chi connectivity index (χ1v) is 5.48. The van der Waals surface area contributed by atoms with Crippen molar-refractivity contribution in [2.45, 2.75) is 25.4 Å². The van der Waals surface area contributed by atoms with Gasteiger partial charge in [-0.3, -0.25) is 0 Å². The molecule has 0 aromatic heterocycles. The Morgan fingerprint density at radius 2 is 1.92 bits per heavy atom. The fourth-order valence-electron chi connectivity index (χ4n) is 1.49. The molecular weight excluding hydrogens is 228 g/mol. The molecule has 1 aliphatic rings. The maximum atomic E-state index is 9.81.